The third-order valence-electron chi connectivity index (χ3n) is 4.60. The van der Waals surface area contributed by atoms with E-state index in [1.165, 1.54) is 5.56 Å². The van der Waals surface area contributed by atoms with Crippen molar-refractivity contribution in [2.24, 2.45) is 11.7 Å². The summed E-state index contributed by atoms with van der Waals surface area (Å²) in [4.78, 5) is 38.0. The molecule has 1 heterocycles. The maximum Gasteiger partial charge on any atom is 0.250 e. The maximum atomic E-state index is 12.6. The molecule has 6 heteroatoms. The minimum atomic E-state index is -0.610. The molecule has 0 aromatic heterocycles. The molecule has 0 aliphatic carbocycles. The minimum Gasteiger partial charge on any atom is -0.366 e. The van der Waals surface area contributed by atoms with Crippen LogP contribution in [0.1, 0.15) is 29.3 Å². The van der Waals surface area contributed by atoms with Crippen LogP contribution in [0.15, 0.2) is 48.5 Å². The zero-order valence-electron chi connectivity index (χ0n) is 14.6. The van der Waals surface area contributed by atoms with Crippen LogP contribution in [-0.4, -0.2) is 24.3 Å². The minimum absolute atomic E-state index is 0.0856. The van der Waals surface area contributed by atoms with Crippen LogP contribution in [0, 0.1) is 5.92 Å². The predicted octanol–water partition coefficient (Wildman–Crippen LogP) is 2.34. The highest BCUT2D eigenvalue weighted by atomic mass is 16.2. The third kappa shape index (κ3) is 3.59. The average Bonchev–Trinajstić information content (AvgIpc) is 3.04. The van der Waals surface area contributed by atoms with E-state index >= 15 is 0 Å². The van der Waals surface area contributed by atoms with Gasteiger partial charge in [-0.15, -0.1) is 0 Å². The number of carbonyl (C=O) groups excluding carboxylic acids is 3. The van der Waals surface area contributed by atoms with Gasteiger partial charge in [0.1, 0.15) is 0 Å². The highest BCUT2D eigenvalue weighted by Crippen LogP contribution is 2.27. The lowest BCUT2D eigenvalue weighted by atomic mass is 10.1. The highest BCUT2D eigenvalue weighted by molar-refractivity contribution is 6.06. The number of amides is 3. The Morgan fingerprint density at radius 1 is 1.15 bits per heavy atom. The van der Waals surface area contributed by atoms with E-state index in [-0.39, 0.29) is 23.8 Å². The first-order chi connectivity index (χ1) is 12.5. The van der Waals surface area contributed by atoms with Crippen molar-refractivity contribution < 1.29 is 14.4 Å². The van der Waals surface area contributed by atoms with Crippen LogP contribution in [0.4, 0.5) is 11.4 Å². The van der Waals surface area contributed by atoms with Crippen LogP contribution in [0.3, 0.4) is 0 Å². The summed E-state index contributed by atoms with van der Waals surface area (Å²) in [6.07, 6.45) is 1.07. The number of primary amides is 1. The predicted molar refractivity (Wildman–Crippen MR) is 99.9 cm³/mol. The molecule has 0 saturated carbocycles. The second-order valence-electron chi connectivity index (χ2n) is 6.32. The highest BCUT2D eigenvalue weighted by Gasteiger charge is 2.35. The van der Waals surface area contributed by atoms with Crippen molar-refractivity contribution in [1.29, 1.82) is 0 Å². The van der Waals surface area contributed by atoms with Crippen molar-refractivity contribution in [1.82, 2.24) is 0 Å². The van der Waals surface area contributed by atoms with Gasteiger partial charge in [-0.3, -0.25) is 14.4 Å². The quantitative estimate of drug-likeness (QED) is 0.866. The summed E-state index contributed by atoms with van der Waals surface area (Å²) in [5.74, 6) is -1.47. The lowest BCUT2D eigenvalue weighted by Crippen LogP contribution is -2.28. The van der Waals surface area contributed by atoms with Gasteiger partial charge in [-0.05, 0) is 36.2 Å². The molecule has 1 fully saturated rings. The molecule has 2 aromatic rings. The Hall–Kier alpha value is -3.15. The van der Waals surface area contributed by atoms with Gasteiger partial charge in [-0.2, -0.15) is 0 Å². The topological polar surface area (TPSA) is 92.5 Å². The SMILES string of the molecule is CCc1ccc(N2CC(C(=O)Nc3ccccc3C(N)=O)CC2=O)cc1. The van der Waals surface area contributed by atoms with Gasteiger partial charge in [-0.25, -0.2) is 0 Å². The summed E-state index contributed by atoms with van der Waals surface area (Å²) >= 11 is 0. The Labute approximate surface area is 152 Å². The Bertz CT molecular complexity index is 846. The van der Waals surface area contributed by atoms with Gasteiger partial charge in [0.05, 0.1) is 17.2 Å². The second kappa shape index (κ2) is 7.39. The molecule has 1 atom stereocenters. The van der Waals surface area contributed by atoms with Crippen molar-refractivity contribution >= 4 is 29.1 Å². The number of hydrogen-bond donors (Lipinski definition) is 2. The number of nitrogens with zero attached hydrogens (tertiary/aromatic N) is 1. The number of anilines is 2. The van der Waals surface area contributed by atoms with E-state index in [9.17, 15) is 14.4 Å². The fourth-order valence-electron chi connectivity index (χ4n) is 3.09. The van der Waals surface area contributed by atoms with Gasteiger partial charge in [0, 0.05) is 18.7 Å². The number of benzene rings is 2. The summed E-state index contributed by atoms with van der Waals surface area (Å²) < 4.78 is 0. The van der Waals surface area contributed by atoms with Gasteiger partial charge in [-0.1, -0.05) is 31.2 Å². The summed E-state index contributed by atoms with van der Waals surface area (Å²) in [6, 6.07) is 14.3. The Kier molecular flexibility index (Phi) is 5.02. The number of nitrogens with two attached hydrogens (primary N) is 1. The van der Waals surface area contributed by atoms with Crippen molar-refractivity contribution in [2.45, 2.75) is 19.8 Å². The normalized spacial score (nSPS) is 16.6. The molecule has 0 radical (unpaired) electrons. The van der Waals surface area contributed by atoms with Crippen molar-refractivity contribution in [3.63, 3.8) is 0 Å². The molecule has 0 spiro atoms. The molecule has 2 aromatic carbocycles. The van der Waals surface area contributed by atoms with E-state index in [1.807, 2.05) is 24.3 Å². The van der Waals surface area contributed by atoms with E-state index in [4.69, 9.17) is 5.73 Å². The monoisotopic (exact) mass is 351 g/mol. The van der Waals surface area contributed by atoms with Crippen LogP contribution in [0.2, 0.25) is 0 Å². The number of hydrogen-bond acceptors (Lipinski definition) is 3. The summed E-state index contributed by atoms with van der Waals surface area (Å²) in [5, 5.41) is 2.73. The smallest absolute Gasteiger partial charge is 0.250 e. The zero-order chi connectivity index (χ0) is 18.7. The summed E-state index contributed by atoms with van der Waals surface area (Å²) in [6.45, 7) is 2.38. The molecule has 3 rings (SSSR count). The molecule has 134 valence electrons. The van der Waals surface area contributed by atoms with Crippen LogP contribution in [0.25, 0.3) is 0 Å². The van der Waals surface area contributed by atoms with Gasteiger partial charge in [0.25, 0.3) is 5.91 Å². The fraction of sp³-hybridized carbons (Fsp3) is 0.250. The Morgan fingerprint density at radius 2 is 1.85 bits per heavy atom. The number of rotatable bonds is 5. The van der Waals surface area contributed by atoms with Crippen LogP contribution >= 0.6 is 0 Å². The first-order valence-corrected chi connectivity index (χ1v) is 8.58. The van der Waals surface area contributed by atoms with Gasteiger partial charge >= 0.3 is 0 Å². The molecule has 1 saturated heterocycles. The standard InChI is InChI=1S/C20H21N3O3/c1-2-13-7-9-15(10-8-13)23-12-14(11-18(23)24)20(26)22-17-6-4-3-5-16(17)19(21)25/h3-10,14H,2,11-12H2,1H3,(H2,21,25)(H,22,26). The van der Waals surface area contributed by atoms with Crippen LogP contribution in [-0.2, 0) is 16.0 Å². The molecule has 1 aliphatic rings. The Balaban J connectivity index is 1.72. The lowest BCUT2D eigenvalue weighted by Gasteiger charge is -2.17. The molecule has 6 nitrogen and oxygen atoms in total. The molecular weight excluding hydrogens is 330 g/mol. The van der Waals surface area contributed by atoms with Crippen molar-refractivity contribution in [2.75, 3.05) is 16.8 Å². The molecule has 26 heavy (non-hydrogen) atoms. The number of aryl methyl sites for hydroxylation is 1. The van der Waals surface area contributed by atoms with Gasteiger partial charge in [0.2, 0.25) is 11.8 Å². The van der Waals surface area contributed by atoms with Gasteiger partial charge in [0.15, 0.2) is 0 Å². The number of para-hydroxylation sites is 1. The van der Waals surface area contributed by atoms with E-state index < -0.39 is 11.8 Å². The fourth-order valence-corrected chi connectivity index (χ4v) is 3.09. The largest absolute Gasteiger partial charge is 0.366 e. The summed E-state index contributed by atoms with van der Waals surface area (Å²) in [5.41, 5.74) is 7.93. The number of nitrogens with one attached hydrogen (secondary N) is 1. The maximum absolute atomic E-state index is 12.6. The van der Waals surface area contributed by atoms with Crippen LogP contribution < -0.4 is 16.0 Å². The van der Waals surface area contributed by atoms with E-state index in [1.54, 1.807) is 29.2 Å². The van der Waals surface area contributed by atoms with Crippen molar-refractivity contribution in [3.05, 3.63) is 59.7 Å². The number of carbonyl (C=O) groups is 3. The van der Waals surface area contributed by atoms with Gasteiger partial charge < -0.3 is 16.0 Å². The molecule has 3 N–H and O–H groups in total. The Morgan fingerprint density at radius 3 is 2.50 bits per heavy atom. The second-order valence-corrected chi connectivity index (χ2v) is 6.32. The van der Waals surface area contributed by atoms with Crippen molar-refractivity contribution in [3.8, 4) is 0 Å². The first-order valence-electron chi connectivity index (χ1n) is 8.58. The molecule has 0 bridgehead atoms. The third-order valence-corrected chi connectivity index (χ3v) is 4.60. The first kappa shape index (κ1) is 17.7. The van der Waals surface area contributed by atoms with Crippen LogP contribution in [0.5, 0.6) is 0 Å². The van der Waals surface area contributed by atoms with E-state index in [0.29, 0.717) is 12.2 Å². The summed E-state index contributed by atoms with van der Waals surface area (Å²) in [7, 11) is 0. The zero-order valence-corrected chi connectivity index (χ0v) is 14.6. The molecule has 1 unspecified atom stereocenters. The van der Waals surface area contributed by atoms with E-state index in [0.717, 1.165) is 12.1 Å². The lowest BCUT2D eigenvalue weighted by molar-refractivity contribution is -0.122. The van der Waals surface area contributed by atoms with E-state index in [2.05, 4.69) is 12.2 Å². The molecule has 3 amide bonds. The molecule has 1 aliphatic heterocycles. The average molecular weight is 351 g/mol. The molecular formula is C20H21N3O3.